The minimum atomic E-state index is -4.16. The van der Waals surface area contributed by atoms with Crippen LogP contribution in [-0.2, 0) is 10.0 Å². The van der Waals surface area contributed by atoms with Gasteiger partial charge < -0.3 is 5.11 Å². The van der Waals surface area contributed by atoms with Gasteiger partial charge in [0.2, 0.25) is 0 Å². The van der Waals surface area contributed by atoms with E-state index in [1.165, 1.54) is 12.1 Å². The van der Waals surface area contributed by atoms with Crippen molar-refractivity contribution in [3.05, 3.63) is 45.5 Å². The van der Waals surface area contributed by atoms with Crippen molar-refractivity contribution in [1.82, 2.24) is 0 Å². The number of carboxylic acids is 1. The zero-order valence-corrected chi connectivity index (χ0v) is 12.9. The molecule has 2 rings (SSSR count). The topological polar surface area (TPSA) is 83.5 Å². The van der Waals surface area contributed by atoms with Crippen molar-refractivity contribution in [2.45, 2.75) is 11.8 Å². The third-order valence-electron chi connectivity index (χ3n) is 2.53. The van der Waals surface area contributed by atoms with E-state index in [1.807, 2.05) is 0 Å². The van der Waals surface area contributed by atoms with Gasteiger partial charge in [-0.2, -0.15) is 0 Å². The number of sulfonamides is 1. The second-order valence-electron chi connectivity index (χ2n) is 4.11. The van der Waals surface area contributed by atoms with Crippen LogP contribution in [0.4, 0.5) is 9.39 Å². The average molecular weight is 350 g/mol. The summed E-state index contributed by atoms with van der Waals surface area (Å²) in [6.07, 6.45) is 0. The summed E-state index contributed by atoms with van der Waals surface area (Å²) >= 11 is 6.33. The van der Waals surface area contributed by atoms with Crippen LogP contribution < -0.4 is 4.72 Å². The minimum Gasteiger partial charge on any atom is -0.477 e. The molecule has 0 aliphatic heterocycles. The van der Waals surface area contributed by atoms with Crippen LogP contribution in [0.5, 0.6) is 0 Å². The molecule has 0 unspecified atom stereocenters. The van der Waals surface area contributed by atoms with Crippen LogP contribution in [0.25, 0.3) is 0 Å². The summed E-state index contributed by atoms with van der Waals surface area (Å²) in [5.41, 5.74) is 0.418. The summed E-state index contributed by atoms with van der Waals surface area (Å²) in [6, 6.07) is 4.55. The summed E-state index contributed by atoms with van der Waals surface area (Å²) in [4.78, 5) is 10.4. The normalized spacial score (nSPS) is 11.4. The van der Waals surface area contributed by atoms with Crippen molar-refractivity contribution in [2.24, 2.45) is 0 Å². The van der Waals surface area contributed by atoms with E-state index in [0.717, 1.165) is 23.5 Å². The number of thiophene rings is 1. The molecule has 0 atom stereocenters. The maximum atomic E-state index is 13.7. The first kappa shape index (κ1) is 15.7. The fourth-order valence-electron chi connectivity index (χ4n) is 1.63. The Balaban J connectivity index is 2.37. The van der Waals surface area contributed by atoms with E-state index >= 15 is 0 Å². The van der Waals surface area contributed by atoms with Gasteiger partial charge in [-0.15, -0.1) is 11.3 Å². The van der Waals surface area contributed by atoms with Gasteiger partial charge in [0, 0.05) is 5.02 Å². The van der Waals surface area contributed by atoms with Crippen molar-refractivity contribution in [3.8, 4) is 0 Å². The number of halogens is 2. The Labute approximate surface area is 129 Å². The Bertz CT molecular complexity index is 817. The lowest BCUT2D eigenvalue weighted by atomic mass is 10.3. The number of aromatic carboxylic acids is 1. The fraction of sp³-hybridized carbons (Fsp3) is 0.0833. The Kier molecular flexibility index (Phi) is 4.22. The zero-order chi connectivity index (χ0) is 15.8. The van der Waals surface area contributed by atoms with E-state index in [4.69, 9.17) is 16.7 Å². The molecule has 0 spiro atoms. The Hall–Kier alpha value is -1.64. The molecular formula is C12H9ClFNO4S2. The van der Waals surface area contributed by atoms with Crippen molar-refractivity contribution in [1.29, 1.82) is 0 Å². The van der Waals surface area contributed by atoms with Gasteiger partial charge in [0.15, 0.2) is 0 Å². The molecule has 0 amide bonds. The second kappa shape index (κ2) is 5.63. The van der Waals surface area contributed by atoms with Gasteiger partial charge in [-0.3, -0.25) is 4.72 Å². The Morgan fingerprint density at radius 1 is 1.38 bits per heavy atom. The van der Waals surface area contributed by atoms with Crippen LogP contribution in [0.1, 0.15) is 15.2 Å². The smallest absolute Gasteiger partial charge is 0.346 e. The molecule has 21 heavy (non-hydrogen) atoms. The minimum absolute atomic E-state index is 0.0179. The third kappa shape index (κ3) is 3.34. The summed E-state index contributed by atoms with van der Waals surface area (Å²) < 4.78 is 40.0. The van der Waals surface area contributed by atoms with E-state index in [9.17, 15) is 17.6 Å². The van der Waals surface area contributed by atoms with Crippen LogP contribution in [-0.4, -0.2) is 19.5 Å². The number of carboxylic acid groups (broad SMARTS) is 1. The predicted molar refractivity (Wildman–Crippen MR) is 78.2 cm³/mol. The molecule has 1 aromatic carbocycles. The lowest BCUT2D eigenvalue weighted by Crippen LogP contribution is -2.13. The molecule has 2 N–H and O–H groups in total. The number of hydrogen-bond donors (Lipinski definition) is 2. The number of benzene rings is 1. The number of rotatable bonds is 4. The monoisotopic (exact) mass is 349 g/mol. The van der Waals surface area contributed by atoms with Gasteiger partial charge in [-0.05, 0) is 36.8 Å². The molecule has 1 heterocycles. The van der Waals surface area contributed by atoms with Crippen LogP contribution >= 0.6 is 22.9 Å². The van der Waals surface area contributed by atoms with E-state index < -0.39 is 26.7 Å². The molecule has 2 aromatic rings. The van der Waals surface area contributed by atoms with Crippen LogP contribution in [0.2, 0.25) is 5.02 Å². The number of nitrogens with one attached hydrogen (secondary N) is 1. The number of aryl methyl sites for hydroxylation is 1. The summed E-state index contributed by atoms with van der Waals surface area (Å²) in [5.74, 6) is -2.14. The quantitative estimate of drug-likeness (QED) is 0.886. The van der Waals surface area contributed by atoms with Crippen molar-refractivity contribution < 1.29 is 22.7 Å². The standard InChI is InChI=1S/C12H9ClFNO4S2/c1-6-4-10(20-11(6)12(16)17)15-21(18,19)9-3-2-7(13)5-8(9)14/h2-5,15H,1H3,(H,16,17). The van der Waals surface area contributed by atoms with Gasteiger partial charge in [-0.25, -0.2) is 17.6 Å². The molecule has 112 valence electrons. The van der Waals surface area contributed by atoms with Crippen LogP contribution in [0.15, 0.2) is 29.2 Å². The van der Waals surface area contributed by atoms with Gasteiger partial charge in [0.1, 0.15) is 20.6 Å². The van der Waals surface area contributed by atoms with Crippen molar-refractivity contribution in [2.75, 3.05) is 4.72 Å². The maximum Gasteiger partial charge on any atom is 0.346 e. The fourth-order valence-corrected chi connectivity index (χ4v) is 4.04. The largest absolute Gasteiger partial charge is 0.477 e. The first-order valence-corrected chi connectivity index (χ1v) is 8.20. The molecule has 1 aromatic heterocycles. The predicted octanol–water partition coefficient (Wildman–Crippen LogP) is 3.35. The molecular weight excluding hydrogens is 341 g/mol. The van der Waals surface area contributed by atoms with E-state index in [2.05, 4.69) is 4.72 Å². The summed E-state index contributed by atoms with van der Waals surface area (Å²) in [5, 5.41) is 9.10. The maximum absolute atomic E-state index is 13.7. The second-order valence-corrected chi connectivity index (χ2v) is 7.25. The van der Waals surface area contributed by atoms with Gasteiger partial charge in [0.25, 0.3) is 10.0 Å². The zero-order valence-electron chi connectivity index (χ0n) is 10.6. The third-order valence-corrected chi connectivity index (χ3v) is 5.43. The van der Waals surface area contributed by atoms with E-state index in [-0.39, 0.29) is 14.9 Å². The highest BCUT2D eigenvalue weighted by atomic mass is 35.5. The molecule has 9 heteroatoms. The van der Waals surface area contributed by atoms with Gasteiger partial charge in [0.05, 0.1) is 0 Å². The molecule has 0 aliphatic rings. The number of carbonyl (C=O) groups is 1. The average Bonchev–Trinajstić information content (AvgIpc) is 2.68. The van der Waals surface area contributed by atoms with Crippen molar-refractivity contribution >= 4 is 43.9 Å². The molecule has 0 aliphatic carbocycles. The molecule has 0 radical (unpaired) electrons. The first-order valence-electron chi connectivity index (χ1n) is 5.52. The van der Waals surface area contributed by atoms with E-state index in [1.54, 1.807) is 6.92 Å². The highest BCUT2D eigenvalue weighted by Crippen LogP contribution is 2.29. The van der Waals surface area contributed by atoms with Crippen LogP contribution in [0.3, 0.4) is 0 Å². The number of anilines is 1. The molecule has 0 fully saturated rings. The SMILES string of the molecule is Cc1cc(NS(=O)(=O)c2ccc(Cl)cc2F)sc1C(=O)O. The summed E-state index contributed by atoms with van der Waals surface area (Å²) in [6.45, 7) is 1.54. The lowest BCUT2D eigenvalue weighted by molar-refractivity contribution is 0.0701. The lowest BCUT2D eigenvalue weighted by Gasteiger charge is -2.07. The summed E-state index contributed by atoms with van der Waals surface area (Å²) in [7, 11) is -4.16. The Morgan fingerprint density at radius 2 is 2.05 bits per heavy atom. The van der Waals surface area contributed by atoms with Crippen molar-refractivity contribution in [3.63, 3.8) is 0 Å². The van der Waals surface area contributed by atoms with Crippen LogP contribution in [0, 0.1) is 12.7 Å². The highest BCUT2D eigenvalue weighted by Gasteiger charge is 2.21. The number of hydrogen-bond acceptors (Lipinski definition) is 4. The molecule has 5 nitrogen and oxygen atoms in total. The van der Waals surface area contributed by atoms with Gasteiger partial charge >= 0.3 is 5.97 Å². The van der Waals surface area contributed by atoms with Gasteiger partial charge in [-0.1, -0.05) is 11.6 Å². The van der Waals surface area contributed by atoms with E-state index in [0.29, 0.717) is 5.56 Å². The molecule has 0 saturated heterocycles. The highest BCUT2D eigenvalue weighted by molar-refractivity contribution is 7.93. The molecule has 0 saturated carbocycles. The first-order chi connectivity index (χ1) is 9.70. The Morgan fingerprint density at radius 3 is 2.57 bits per heavy atom. The molecule has 0 bridgehead atoms.